The third-order valence-corrected chi connectivity index (χ3v) is 4.19. The van der Waals surface area contributed by atoms with Crippen LogP contribution in [0.25, 0.3) is 0 Å². The number of hydrogen-bond acceptors (Lipinski definition) is 3. The van der Waals surface area contributed by atoms with Crippen molar-refractivity contribution in [2.75, 3.05) is 24.7 Å². The van der Waals surface area contributed by atoms with Crippen LogP contribution in [0.1, 0.15) is 28.3 Å². The highest BCUT2D eigenvalue weighted by Gasteiger charge is 2.31. The molecule has 1 unspecified atom stereocenters. The first-order valence-corrected chi connectivity index (χ1v) is 8.07. The maximum atomic E-state index is 13.4. The second-order valence-corrected chi connectivity index (χ2v) is 6.27. The van der Waals surface area contributed by atoms with Gasteiger partial charge in [-0.15, -0.1) is 0 Å². The number of benzene rings is 2. The number of amides is 3. The normalized spacial score (nSPS) is 15.7. The van der Waals surface area contributed by atoms with Gasteiger partial charge >= 0.3 is 0 Å². The van der Waals surface area contributed by atoms with E-state index in [1.54, 1.807) is 38.4 Å². The summed E-state index contributed by atoms with van der Waals surface area (Å²) < 4.78 is 13.4. The van der Waals surface area contributed by atoms with Gasteiger partial charge in [-0.05, 0) is 29.8 Å². The van der Waals surface area contributed by atoms with Gasteiger partial charge in [-0.25, -0.2) is 4.39 Å². The molecule has 134 valence electrons. The molecule has 0 spiro atoms. The average Bonchev–Trinajstić information content (AvgIpc) is 2.60. The molecule has 0 radical (unpaired) electrons. The molecule has 0 saturated heterocycles. The fraction of sp³-hybridized carbons (Fsp3) is 0.211. The molecule has 6 nitrogen and oxygen atoms in total. The number of hydrogen-bond donors (Lipinski definition) is 2. The van der Waals surface area contributed by atoms with Crippen molar-refractivity contribution < 1.29 is 18.8 Å². The predicted molar refractivity (Wildman–Crippen MR) is 95.5 cm³/mol. The highest BCUT2D eigenvalue weighted by Crippen LogP contribution is 2.34. The van der Waals surface area contributed by atoms with Crippen LogP contribution in [0.15, 0.2) is 42.5 Å². The lowest BCUT2D eigenvalue weighted by Gasteiger charge is -2.25. The van der Waals surface area contributed by atoms with E-state index in [4.69, 9.17) is 0 Å². The van der Waals surface area contributed by atoms with Crippen molar-refractivity contribution in [1.29, 1.82) is 0 Å². The van der Waals surface area contributed by atoms with Crippen LogP contribution in [0.5, 0.6) is 0 Å². The Kier molecular flexibility index (Phi) is 4.71. The Morgan fingerprint density at radius 3 is 2.65 bits per heavy atom. The van der Waals surface area contributed by atoms with E-state index in [2.05, 4.69) is 10.6 Å². The van der Waals surface area contributed by atoms with E-state index in [0.717, 1.165) is 0 Å². The van der Waals surface area contributed by atoms with Crippen molar-refractivity contribution in [3.8, 4) is 0 Å². The summed E-state index contributed by atoms with van der Waals surface area (Å²) >= 11 is 0. The first-order valence-electron chi connectivity index (χ1n) is 8.07. The van der Waals surface area contributed by atoms with E-state index >= 15 is 0 Å². The quantitative estimate of drug-likeness (QED) is 0.888. The summed E-state index contributed by atoms with van der Waals surface area (Å²) in [5.41, 5.74) is 1.55. The number of halogens is 1. The summed E-state index contributed by atoms with van der Waals surface area (Å²) in [4.78, 5) is 38.4. The third kappa shape index (κ3) is 3.42. The summed E-state index contributed by atoms with van der Waals surface area (Å²) in [6, 6.07) is 10.6. The van der Waals surface area contributed by atoms with Crippen molar-refractivity contribution in [3.63, 3.8) is 0 Å². The van der Waals surface area contributed by atoms with E-state index in [-0.39, 0.29) is 18.2 Å². The zero-order valence-corrected chi connectivity index (χ0v) is 14.4. The molecule has 3 rings (SSSR count). The largest absolute Gasteiger partial charge is 0.345 e. The van der Waals surface area contributed by atoms with E-state index in [1.807, 2.05) is 0 Å². The maximum Gasteiger partial charge on any atom is 0.255 e. The predicted octanol–water partition coefficient (Wildman–Crippen LogP) is 2.59. The highest BCUT2D eigenvalue weighted by atomic mass is 19.1. The standard InChI is InChI=1S/C19H18FN3O3/c1-23(2)19(26)13-5-3-4-6-15(13)22-18(25)14-10-17(24)21-16-9-11(20)7-8-12(14)16/h3-9,14H,10H2,1-2H3,(H,21,24)(H,22,25). The molecule has 0 aliphatic carbocycles. The summed E-state index contributed by atoms with van der Waals surface area (Å²) in [6.07, 6.45) is -0.0474. The van der Waals surface area contributed by atoms with Crippen molar-refractivity contribution in [2.24, 2.45) is 0 Å². The first-order chi connectivity index (χ1) is 12.4. The molecule has 1 heterocycles. The van der Waals surface area contributed by atoms with Gasteiger partial charge < -0.3 is 15.5 Å². The van der Waals surface area contributed by atoms with Crippen LogP contribution in [0.2, 0.25) is 0 Å². The van der Waals surface area contributed by atoms with Gasteiger partial charge in [0, 0.05) is 26.2 Å². The van der Waals surface area contributed by atoms with Crippen LogP contribution in [0.3, 0.4) is 0 Å². The molecular weight excluding hydrogens is 337 g/mol. The van der Waals surface area contributed by atoms with Gasteiger partial charge in [-0.2, -0.15) is 0 Å². The molecular formula is C19H18FN3O3. The van der Waals surface area contributed by atoms with Gasteiger partial charge in [0.05, 0.1) is 17.2 Å². The Morgan fingerprint density at radius 2 is 1.92 bits per heavy atom. The summed E-state index contributed by atoms with van der Waals surface area (Å²) in [5.74, 6) is -2.29. The van der Waals surface area contributed by atoms with Gasteiger partial charge in [0.25, 0.3) is 5.91 Å². The molecule has 0 aromatic heterocycles. The minimum absolute atomic E-state index is 0.0474. The molecule has 0 fully saturated rings. The fourth-order valence-electron chi connectivity index (χ4n) is 2.91. The minimum atomic E-state index is -0.762. The van der Waals surface area contributed by atoms with Crippen LogP contribution in [0, 0.1) is 5.82 Å². The topological polar surface area (TPSA) is 78.5 Å². The molecule has 1 aliphatic heterocycles. The average molecular weight is 355 g/mol. The molecule has 2 aromatic rings. The van der Waals surface area contributed by atoms with Gasteiger partial charge in [0.1, 0.15) is 5.82 Å². The van der Waals surface area contributed by atoms with Crippen molar-refractivity contribution in [3.05, 3.63) is 59.4 Å². The molecule has 0 bridgehead atoms. The Labute approximate surface area is 150 Å². The highest BCUT2D eigenvalue weighted by molar-refractivity contribution is 6.08. The van der Waals surface area contributed by atoms with Crippen molar-refractivity contribution in [1.82, 2.24) is 4.90 Å². The zero-order chi connectivity index (χ0) is 18.8. The number of carbonyl (C=O) groups excluding carboxylic acids is 3. The number of nitrogens with zero attached hydrogens (tertiary/aromatic N) is 1. The second-order valence-electron chi connectivity index (χ2n) is 6.27. The Hall–Kier alpha value is -3.22. The van der Waals surface area contributed by atoms with Crippen LogP contribution in [-0.4, -0.2) is 36.7 Å². The van der Waals surface area contributed by atoms with Gasteiger partial charge in [0.2, 0.25) is 11.8 Å². The molecule has 26 heavy (non-hydrogen) atoms. The summed E-state index contributed by atoms with van der Waals surface area (Å²) in [5, 5.41) is 5.31. The van der Waals surface area contributed by atoms with E-state index in [0.29, 0.717) is 22.5 Å². The lowest BCUT2D eigenvalue weighted by atomic mass is 9.89. The number of fused-ring (bicyclic) bond motifs is 1. The van der Waals surface area contributed by atoms with E-state index in [9.17, 15) is 18.8 Å². The monoisotopic (exact) mass is 355 g/mol. The number of nitrogens with one attached hydrogen (secondary N) is 2. The lowest BCUT2D eigenvalue weighted by Crippen LogP contribution is -2.31. The molecule has 3 amide bonds. The number of rotatable bonds is 3. The Morgan fingerprint density at radius 1 is 1.19 bits per heavy atom. The number of carbonyl (C=O) groups is 3. The second kappa shape index (κ2) is 6.95. The molecule has 7 heteroatoms. The molecule has 2 N–H and O–H groups in total. The number of anilines is 2. The zero-order valence-electron chi connectivity index (χ0n) is 14.4. The van der Waals surface area contributed by atoms with Gasteiger partial charge in [-0.3, -0.25) is 14.4 Å². The summed E-state index contributed by atoms with van der Waals surface area (Å²) in [7, 11) is 3.24. The van der Waals surface area contributed by atoms with Crippen LogP contribution < -0.4 is 10.6 Å². The Bertz CT molecular complexity index is 895. The maximum absolute atomic E-state index is 13.4. The molecule has 1 aliphatic rings. The third-order valence-electron chi connectivity index (χ3n) is 4.19. The van der Waals surface area contributed by atoms with Crippen LogP contribution in [-0.2, 0) is 9.59 Å². The van der Waals surface area contributed by atoms with Crippen LogP contribution in [0.4, 0.5) is 15.8 Å². The molecule has 2 aromatic carbocycles. The first kappa shape index (κ1) is 17.6. The Balaban J connectivity index is 1.91. The van der Waals surface area contributed by atoms with Gasteiger partial charge in [-0.1, -0.05) is 18.2 Å². The van der Waals surface area contributed by atoms with Gasteiger partial charge in [0.15, 0.2) is 0 Å². The lowest BCUT2D eigenvalue weighted by molar-refractivity contribution is -0.123. The molecule has 1 atom stereocenters. The van der Waals surface area contributed by atoms with Crippen molar-refractivity contribution >= 4 is 29.1 Å². The molecule has 0 saturated carbocycles. The number of para-hydroxylation sites is 1. The minimum Gasteiger partial charge on any atom is -0.345 e. The summed E-state index contributed by atoms with van der Waals surface area (Å²) in [6.45, 7) is 0. The van der Waals surface area contributed by atoms with Crippen LogP contribution >= 0.6 is 0 Å². The smallest absolute Gasteiger partial charge is 0.255 e. The van der Waals surface area contributed by atoms with Crippen molar-refractivity contribution in [2.45, 2.75) is 12.3 Å². The SMILES string of the molecule is CN(C)C(=O)c1ccccc1NC(=O)C1CC(=O)Nc2cc(F)ccc21. The van der Waals surface area contributed by atoms with E-state index in [1.165, 1.54) is 23.1 Å². The fourth-order valence-corrected chi connectivity index (χ4v) is 2.91. The van der Waals surface area contributed by atoms with E-state index < -0.39 is 17.6 Å².